The van der Waals surface area contributed by atoms with Crippen LogP contribution >= 0.6 is 0 Å². The lowest BCUT2D eigenvalue weighted by molar-refractivity contribution is -0.137. The molecule has 15 heteroatoms. The van der Waals surface area contributed by atoms with E-state index in [2.05, 4.69) is 37.6 Å². The first-order valence-electron chi connectivity index (χ1n) is 20.2. The van der Waals surface area contributed by atoms with Gasteiger partial charge in [0.25, 0.3) is 11.8 Å². The third-order valence-corrected chi connectivity index (χ3v) is 12.0. The van der Waals surface area contributed by atoms with Crippen molar-refractivity contribution in [3.8, 4) is 22.5 Å². The lowest BCUT2D eigenvalue weighted by Crippen LogP contribution is -2.52. The summed E-state index contributed by atoms with van der Waals surface area (Å²) >= 11 is 0. The van der Waals surface area contributed by atoms with E-state index in [0.717, 1.165) is 68.9 Å². The van der Waals surface area contributed by atoms with Crippen LogP contribution in [0.25, 0.3) is 33.3 Å². The zero-order chi connectivity index (χ0) is 40.8. The van der Waals surface area contributed by atoms with Gasteiger partial charge in [0.1, 0.15) is 23.6 Å². The zero-order valence-corrected chi connectivity index (χ0v) is 33.0. The highest BCUT2D eigenvalue weighted by atomic mass is 16.5. The topological polar surface area (TPSA) is 181 Å². The van der Waals surface area contributed by atoms with Crippen LogP contribution in [-0.2, 0) is 32.2 Å². The number of likely N-dealkylation sites (N-methyl/N-ethyl adjacent to an activating group) is 1. The molecular weight excluding hydrogens is 751 g/mol. The number of nitrogens with zero attached hydrogens (tertiary/aromatic N) is 6. The number of hydrogen-bond acceptors (Lipinski definition) is 10. The molecule has 59 heavy (non-hydrogen) atoms. The molecule has 4 aliphatic rings. The lowest BCUT2D eigenvalue weighted by atomic mass is 9.98. The average Bonchev–Trinajstić information content (AvgIpc) is 3.80. The number of benzene rings is 2. The highest BCUT2D eigenvalue weighted by molar-refractivity contribution is 6.06. The molecule has 4 aliphatic heterocycles. The van der Waals surface area contributed by atoms with Gasteiger partial charge in [-0.2, -0.15) is 0 Å². The Labute approximate surface area is 340 Å². The van der Waals surface area contributed by atoms with E-state index < -0.39 is 11.9 Å². The second kappa shape index (κ2) is 15.7. The second-order valence-electron chi connectivity index (χ2n) is 15.7. The Morgan fingerprint density at radius 3 is 2.54 bits per heavy atom. The summed E-state index contributed by atoms with van der Waals surface area (Å²) in [6.45, 7) is 5.03. The molecule has 3 N–H and O–H groups in total. The maximum Gasteiger partial charge on any atom is 0.269 e. The summed E-state index contributed by atoms with van der Waals surface area (Å²) in [5, 5.41) is 10.6. The number of ether oxygens (including phenoxy) is 1. The Bertz CT molecular complexity index is 2510. The van der Waals surface area contributed by atoms with Gasteiger partial charge < -0.3 is 29.7 Å². The number of pyridine rings is 2. The van der Waals surface area contributed by atoms with Crippen LogP contribution in [0.15, 0.2) is 67.0 Å². The third kappa shape index (κ3) is 7.09. The number of imide groups is 1. The van der Waals surface area contributed by atoms with Gasteiger partial charge in [-0.05, 0) is 68.3 Å². The molecule has 2 aromatic carbocycles. The van der Waals surface area contributed by atoms with E-state index in [0.29, 0.717) is 56.9 Å². The van der Waals surface area contributed by atoms with Crippen molar-refractivity contribution >= 4 is 46.0 Å². The predicted molar refractivity (Wildman–Crippen MR) is 218 cm³/mol. The molecule has 2 atom stereocenters. The minimum absolute atomic E-state index is 0.0826. The molecule has 2 fully saturated rings. The molecule has 2 saturated heterocycles. The highest BCUT2D eigenvalue weighted by Gasteiger charge is 2.40. The zero-order valence-electron chi connectivity index (χ0n) is 33.0. The Morgan fingerprint density at radius 1 is 0.932 bits per heavy atom. The van der Waals surface area contributed by atoms with Gasteiger partial charge in [-0.3, -0.25) is 39.3 Å². The quantitative estimate of drug-likeness (QED) is 0.134. The average molecular weight is 796 g/mol. The monoisotopic (exact) mass is 795 g/mol. The van der Waals surface area contributed by atoms with Gasteiger partial charge in [0.15, 0.2) is 0 Å². The highest BCUT2D eigenvalue weighted by Crippen LogP contribution is 2.40. The molecule has 1 unspecified atom stereocenters. The van der Waals surface area contributed by atoms with E-state index >= 15 is 0 Å². The standard InChI is InChI=1S/C44H45N9O6/c1-25-43(57)51(2)24-37-39(50-40(53(25)37)26-14-18-59-19-15-26)29-7-3-6-27-20-35(48-22-31(27)29)28-10-11-34(47-21-28)41(55)46-17-5-16-45-33-9-4-8-30-32(33)23-52(44(30)58)36-12-13-38(54)49-42(36)56/h3-4,6-11,20-22,25-26,36,45H,5,12-19,23-24H2,1-2H3,(H,46,55)(H,49,54,56)/t25-,36?/m1/s1. The molecule has 0 bridgehead atoms. The van der Waals surface area contributed by atoms with Crippen molar-refractivity contribution in [1.82, 2.24) is 40.0 Å². The van der Waals surface area contributed by atoms with Crippen LogP contribution in [-0.4, -0.2) is 98.2 Å². The van der Waals surface area contributed by atoms with Crippen molar-refractivity contribution in [2.75, 3.05) is 38.7 Å². The smallest absolute Gasteiger partial charge is 0.269 e. The van der Waals surface area contributed by atoms with Crippen molar-refractivity contribution in [1.29, 1.82) is 0 Å². The molecule has 7 heterocycles. The van der Waals surface area contributed by atoms with Crippen LogP contribution < -0.4 is 16.0 Å². The summed E-state index contributed by atoms with van der Waals surface area (Å²) < 4.78 is 7.81. The van der Waals surface area contributed by atoms with E-state index in [9.17, 15) is 24.0 Å². The third-order valence-electron chi connectivity index (χ3n) is 12.0. The van der Waals surface area contributed by atoms with Gasteiger partial charge in [-0.25, -0.2) is 4.98 Å². The fourth-order valence-corrected chi connectivity index (χ4v) is 8.83. The Kier molecular flexibility index (Phi) is 10.1. The van der Waals surface area contributed by atoms with Crippen molar-refractivity contribution in [2.45, 2.75) is 70.1 Å². The van der Waals surface area contributed by atoms with E-state index in [1.54, 1.807) is 29.3 Å². The van der Waals surface area contributed by atoms with Gasteiger partial charge in [0.2, 0.25) is 17.7 Å². The van der Waals surface area contributed by atoms with Crippen molar-refractivity contribution in [2.24, 2.45) is 0 Å². The number of piperidine rings is 1. The fourth-order valence-electron chi connectivity index (χ4n) is 8.83. The number of fused-ring (bicyclic) bond motifs is 3. The molecule has 15 nitrogen and oxygen atoms in total. The number of rotatable bonds is 10. The Morgan fingerprint density at radius 2 is 1.75 bits per heavy atom. The molecule has 9 rings (SSSR count). The number of amides is 5. The van der Waals surface area contributed by atoms with Crippen molar-refractivity contribution in [3.63, 3.8) is 0 Å². The molecule has 302 valence electrons. The second-order valence-corrected chi connectivity index (χ2v) is 15.7. The first-order chi connectivity index (χ1) is 28.7. The summed E-state index contributed by atoms with van der Waals surface area (Å²) in [7, 11) is 1.84. The molecule has 5 aromatic rings. The predicted octanol–water partition coefficient (Wildman–Crippen LogP) is 4.58. The number of carbonyl (C=O) groups is 5. The number of aromatic nitrogens is 4. The Balaban J connectivity index is 0.837. The molecule has 5 amide bonds. The summed E-state index contributed by atoms with van der Waals surface area (Å²) in [6.07, 6.45) is 6.40. The molecule has 0 saturated carbocycles. The van der Waals surface area contributed by atoms with Crippen molar-refractivity contribution in [3.05, 3.63) is 95.3 Å². The van der Waals surface area contributed by atoms with Crippen LogP contribution in [0.5, 0.6) is 0 Å². The number of nitrogens with one attached hydrogen (secondary N) is 3. The summed E-state index contributed by atoms with van der Waals surface area (Å²) in [6, 6.07) is 16.1. The first-order valence-corrected chi connectivity index (χ1v) is 20.2. The van der Waals surface area contributed by atoms with Gasteiger partial charge in [-0.1, -0.05) is 24.3 Å². The summed E-state index contributed by atoms with van der Waals surface area (Å²) in [4.78, 5) is 81.2. The molecule has 3 aromatic heterocycles. The fraction of sp³-hybridized carbons (Fsp3) is 0.364. The lowest BCUT2D eigenvalue weighted by Gasteiger charge is -2.32. The molecular formula is C44H45N9O6. The van der Waals surface area contributed by atoms with Crippen LogP contribution in [0.4, 0.5) is 5.69 Å². The number of carbonyl (C=O) groups excluding carboxylic acids is 5. The van der Waals surface area contributed by atoms with Crippen LogP contribution in [0.3, 0.4) is 0 Å². The van der Waals surface area contributed by atoms with E-state index in [1.807, 2.05) is 44.4 Å². The van der Waals surface area contributed by atoms with Crippen LogP contribution in [0.1, 0.15) is 88.9 Å². The maximum atomic E-state index is 13.1. The molecule has 0 aliphatic carbocycles. The summed E-state index contributed by atoms with van der Waals surface area (Å²) in [5.41, 5.74) is 6.83. The van der Waals surface area contributed by atoms with Crippen LogP contribution in [0.2, 0.25) is 0 Å². The molecule has 0 radical (unpaired) electrons. The maximum absolute atomic E-state index is 13.1. The van der Waals surface area contributed by atoms with Crippen molar-refractivity contribution < 1.29 is 28.7 Å². The van der Waals surface area contributed by atoms with E-state index in [-0.39, 0.29) is 48.6 Å². The van der Waals surface area contributed by atoms with Gasteiger partial charge >= 0.3 is 0 Å². The number of anilines is 1. The SMILES string of the molecule is C[C@@H]1C(=O)N(C)Cc2c(-c3cccc4cc(-c5ccc(C(=O)NCCCNc6cccc7c6CN(C6CCC(=O)NC6=O)C7=O)nc5)ncc34)nc(C3CCOCC3)n21. The normalized spacial score (nSPS) is 19.5. The minimum atomic E-state index is -0.673. The summed E-state index contributed by atoms with van der Waals surface area (Å²) in [5.74, 6) is -0.00651. The van der Waals surface area contributed by atoms with Gasteiger partial charge in [0.05, 0.1) is 23.6 Å². The first kappa shape index (κ1) is 38.1. The van der Waals surface area contributed by atoms with E-state index in [1.165, 1.54) is 4.90 Å². The van der Waals surface area contributed by atoms with E-state index in [4.69, 9.17) is 14.7 Å². The minimum Gasteiger partial charge on any atom is -0.385 e. The number of hydrogen-bond donors (Lipinski definition) is 3. The largest absolute Gasteiger partial charge is 0.385 e. The van der Waals surface area contributed by atoms with Gasteiger partial charge in [-0.15, -0.1) is 0 Å². The van der Waals surface area contributed by atoms with Crippen LogP contribution in [0, 0.1) is 0 Å². The number of imidazole rings is 1. The van der Waals surface area contributed by atoms with Gasteiger partial charge in [0, 0.05) is 98.0 Å². The molecule has 0 spiro atoms. The Hall–Kier alpha value is -6.48.